The van der Waals surface area contributed by atoms with Gasteiger partial charge in [-0.25, -0.2) is 8.42 Å². The molecule has 1 heterocycles. The average Bonchev–Trinajstić information content (AvgIpc) is 2.79. The van der Waals surface area contributed by atoms with Gasteiger partial charge in [-0.3, -0.25) is 4.79 Å². The van der Waals surface area contributed by atoms with Gasteiger partial charge in [0, 0.05) is 19.0 Å². The zero-order valence-corrected chi connectivity index (χ0v) is 20.9. The summed E-state index contributed by atoms with van der Waals surface area (Å²) in [6.07, 6.45) is 0.991. The summed E-state index contributed by atoms with van der Waals surface area (Å²) in [5, 5.41) is 3.07. The molecule has 0 aliphatic carbocycles. The molecule has 3 rings (SSSR count). The highest BCUT2D eigenvalue weighted by Gasteiger charge is 2.33. The van der Waals surface area contributed by atoms with Crippen LogP contribution >= 0.6 is 0 Å². The lowest BCUT2D eigenvalue weighted by Gasteiger charge is -2.31. The Kier molecular flexibility index (Phi) is 8.02. The monoisotopic (exact) mass is 474 g/mol. The van der Waals surface area contributed by atoms with Crippen molar-refractivity contribution in [2.45, 2.75) is 51.5 Å². The van der Waals surface area contributed by atoms with E-state index in [1.54, 1.807) is 13.2 Å². The number of piperidine rings is 1. The highest BCUT2D eigenvalue weighted by atomic mass is 32.2. The van der Waals surface area contributed by atoms with Crippen LogP contribution in [0.2, 0.25) is 0 Å². The predicted octanol–water partition coefficient (Wildman–Crippen LogP) is 3.99. The van der Waals surface area contributed by atoms with Crippen LogP contribution in [0.15, 0.2) is 41.3 Å². The second-order valence-corrected chi connectivity index (χ2v) is 10.4. The van der Waals surface area contributed by atoms with Crippen LogP contribution in [0.25, 0.3) is 0 Å². The fourth-order valence-electron chi connectivity index (χ4n) is 4.23. The number of benzene rings is 2. The molecule has 1 atom stereocenters. The molecule has 33 heavy (non-hydrogen) atoms. The molecule has 1 amide bonds. The van der Waals surface area contributed by atoms with Gasteiger partial charge in [0.15, 0.2) is 11.5 Å². The minimum Gasteiger partial charge on any atom is -0.493 e. The number of carbonyl (C=O) groups is 1. The second-order valence-electron chi connectivity index (χ2n) is 8.52. The van der Waals surface area contributed by atoms with Crippen molar-refractivity contribution in [2.24, 2.45) is 5.92 Å². The molecule has 180 valence electrons. The Morgan fingerprint density at radius 1 is 1.12 bits per heavy atom. The normalized spacial score (nSPS) is 16.3. The molecule has 7 nitrogen and oxygen atoms in total. The van der Waals surface area contributed by atoms with Crippen LogP contribution in [0.4, 0.5) is 0 Å². The first-order valence-electron chi connectivity index (χ1n) is 11.4. The fourth-order valence-corrected chi connectivity index (χ4v) is 5.90. The standard InChI is InChI=1S/C25H34N2O5S/c1-6-32-22-9-8-21(16-23(22)31-5)19(4)26-25(28)20-11-13-27(14-12-20)33(29,30)24-10-7-17(2)15-18(24)3/h7-10,15-16,19-20H,6,11-14H2,1-5H3,(H,26,28). The van der Waals surface area contributed by atoms with Crippen LogP contribution < -0.4 is 14.8 Å². The Balaban J connectivity index is 1.61. The van der Waals surface area contributed by atoms with Crippen LogP contribution in [0.5, 0.6) is 11.5 Å². The summed E-state index contributed by atoms with van der Waals surface area (Å²) < 4.78 is 38.6. The van der Waals surface area contributed by atoms with Crippen LogP contribution in [0, 0.1) is 19.8 Å². The Morgan fingerprint density at radius 2 is 1.82 bits per heavy atom. The van der Waals surface area contributed by atoms with Crippen LogP contribution in [0.1, 0.15) is 49.4 Å². The van der Waals surface area contributed by atoms with Crippen molar-refractivity contribution in [1.82, 2.24) is 9.62 Å². The van der Waals surface area contributed by atoms with E-state index in [9.17, 15) is 13.2 Å². The lowest BCUT2D eigenvalue weighted by molar-refractivity contribution is -0.126. The number of aryl methyl sites for hydroxylation is 2. The molecule has 0 spiro atoms. The van der Waals surface area contributed by atoms with Gasteiger partial charge in [0.2, 0.25) is 15.9 Å². The summed E-state index contributed by atoms with van der Waals surface area (Å²) >= 11 is 0. The molecule has 1 aliphatic rings. The topological polar surface area (TPSA) is 84.9 Å². The molecule has 0 bridgehead atoms. The number of nitrogens with zero attached hydrogens (tertiary/aromatic N) is 1. The Bertz CT molecular complexity index is 1090. The third-order valence-electron chi connectivity index (χ3n) is 6.12. The number of hydrogen-bond acceptors (Lipinski definition) is 5. The zero-order valence-electron chi connectivity index (χ0n) is 20.1. The molecule has 2 aromatic rings. The number of carbonyl (C=O) groups excluding carboxylic acids is 1. The van der Waals surface area contributed by atoms with E-state index < -0.39 is 10.0 Å². The lowest BCUT2D eigenvalue weighted by Crippen LogP contribution is -2.43. The molecule has 1 N–H and O–H groups in total. The summed E-state index contributed by atoms with van der Waals surface area (Å²) in [5.41, 5.74) is 2.69. The van der Waals surface area contributed by atoms with Crippen molar-refractivity contribution in [2.75, 3.05) is 26.8 Å². The van der Waals surface area contributed by atoms with Gasteiger partial charge in [-0.15, -0.1) is 0 Å². The fraction of sp³-hybridized carbons (Fsp3) is 0.480. The zero-order chi connectivity index (χ0) is 24.2. The Labute approximate surface area is 197 Å². The van der Waals surface area contributed by atoms with E-state index in [4.69, 9.17) is 9.47 Å². The first-order valence-corrected chi connectivity index (χ1v) is 12.8. The van der Waals surface area contributed by atoms with E-state index in [0.29, 0.717) is 48.9 Å². The minimum absolute atomic E-state index is 0.0566. The van der Waals surface area contributed by atoms with Gasteiger partial charge < -0.3 is 14.8 Å². The first kappa shape index (κ1) is 25.1. The molecule has 0 aromatic heterocycles. The largest absolute Gasteiger partial charge is 0.493 e. The van der Waals surface area contributed by atoms with Crippen molar-refractivity contribution < 1.29 is 22.7 Å². The van der Waals surface area contributed by atoms with Gasteiger partial charge in [0.25, 0.3) is 0 Å². The number of rotatable bonds is 8. The Morgan fingerprint density at radius 3 is 2.42 bits per heavy atom. The Hall–Kier alpha value is -2.58. The second kappa shape index (κ2) is 10.6. The molecule has 0 radical (unpaired) electrons. The third kappa shape index (κ3) is 5.68. The van der Waals surface area contributed by atoms with E-state index in [0.717, 1.165) is 16.7 Å². The molecule has 2 aromatic carbocycles. The average molecular weight is 475 g/mol. The SMILES string of the molecule is CCOc1ccc(C(C)NC(=O)C2CCN(S(=O)(=O)c3ccc(C)cc3C)CC2)cc1OC. The summed E-state index contributed by atoms with van der Waals surface area (Å²) in [4.78, 5) is 13.2. The highest BCUT2D eigenvalue weighted by Crippen LogP contribution is 2.31. The first-order chi connectivity index (χ1) is 15.7. The maximum Gasteiger partial charge on any atom is 0.243 e. The minimum atomic E-state index is -3.57. The van der Waals surface area contributed by atoms with Crippen LogP contribution in [-0.2, 0) is 14.8 Å². The summed E-state index contributed by atoms with van der Waals surface area (Å²) in [6, 6.07) is 10.8. The number of sulfonamides is 1. The summed E-state index contributed by atoms with van der Waals surface area (Å²) in [7, 11) is -1.98. The molecule has 1 saturated heterocycles. The molecular weight excluding hydrogens is 440 g/mol. The van der Waals surface area contributed by atoms with Gasteiger partial charge in [-0.1, -0.05) is 23.8 Å². The molecule has 1 unspecified atom stereocenters. The van der Waals surface area contributed by atoms with Crippen LogP contribution in [0.3, 0.4) is 0 Å². The molecular formula is C25H34N2O5S. The van der Waals surface area contributed by atoms with Crippen molar-refractivity contribution in [1.29, 1.82) is 0 Å². The van der Waals surface area contributed by atoms with Gasteiger partial charge in [-0.2, -0.15) is 4.31 Å². The summed E-state index contributed by atoms with van der Waals surface area (Å²) in [5.74, 6) is 1.02. The van der Waals surface area contributed by atoms with Crippen molar-refractivity contribution >= 4 is 15.9 Å². The number of ether oxygens (including phenoxy) is 2. The lowest BCUT2D eigenvalue weighted by atomic mass is 9.96. The van der Waals surface area contributed by atoms with Crippen molar-refractivity contribution in [3.05, 3.63) is 53.1 Å². The predicted molar refractivity (Wildman–Crippen MR) is 128 cm³/mol. The van der Waals surface area contributed by atoms with E-state index in [1.807, 2.05) is 58.0 Å². The van der Waals surface area contributed by atoms with E-state index in [2.05, 4.69) is 5.32 Å². The number of amides is 1. The van der Waals surface area contributed by atoms with E-state index in [-0.39, 0.29) is 17.9 Å². The van der Waals surface area contributed by atoms with Gasteiger partial charge in [0.1, 0.15) is 0 Å². The number of methoxy groups -OCH3 is 1. The number of nitrogens with one attached hydrogen (secondary N) is 1. The quantitative estimate of drug-likeness (QED) is 0.625. The summed E-state index contributed by atoms with van der Waals surface area (Å²) in [6.45, 7) is 8.80. The maximum atomic E-state index is 13.1. The maximum absolute atomic E-state index is 13.1. The highest BCUT2D eigenvalue weighted by molar-refractivity contribution is 7.89. The van der Waals surface area contributed by atoms with Gasteiger partial charge >= 0.3 is 0 Å². The van der Waals surface area contributed by atoms with Crippen LogP contribution in [-0.4, -0.2) is 45.4 Å². The van der Waals surface area contributed by atoms with Crippen molar-refractivity contribution in [3.63, 3.8) is 0 Å². The molecule has 1 aliphatic heterocycles. The number of hydrogen-bond donors (Lipinski definition) is 1. The third-order valence-corrected chi connectivity index (χ3v) is 8.18. The molecule has 0 saturated carbocycles. The smallest absolute Gasteiger partial charge is 0.243 e. The van der Waals surface area contributed by atoms with Crippen molar-refractivity contribution in [3.8, 4) is 11.5 Å². The van der Waals surface area contributed by atoms with Gasteiger partial charge in [-0.05, 0) is 69.9 Å². The molecule has 8 heteroatoms. The van der Waals surface area contributed by atoms with E-state index in [1.165, 1.54) is 4.31 Å². The molecule has 1 fully saturated rings. The van der Waals surface area contributed by atoms with Gasteiger partial charge in [0.05, 0.1) is 24.7 Å². The van der Waals surface area contributed by atoms with E-state index >= 15 is 0 Å².